The zero-order chi connectivity index (χ0) is 14.0. The van der Waals surface area contributed by atoms with E-state index in [1.54, 1.807) is 0 Å². The second kappa shape index (κ2) is 6.23. The van der Waals surface area contributed by atoms with Crippen molar-refractivity contribution in [3.05, 3.63) is 10.6 Å². The number of ether oxygens (including phenoxy) is 1. The molecular formula is C13H19Cl2N3O. The van der Waals surface area contributed by atoms with Crippen LogP contribution in [0.15, 0.2) is 0 Å². The van der Waals surface area contributed by atoms with E-state index in [0.29, 0.717) is 17.8 Å². The van der Waals surface area contributed by atoms with Gasteiger partial charge in [-0.3, -0.25) is 0 Å². The molecule has 0 aromatic carbocycles. The van der Waals surface area contributed by atoms with Crippen molar-refractivity contribution in [3.8, 4) is 6.01 Å². The molecule has 6 heteroatoms. The lowest BCUT2D eigenvalue weighted by atomic mass is 9.75. The highest BCUT2D eigenvalue weighted by Crippen LogP contribution is 2.35. The molecule has 1 aromatic rings. The van der Waals surface area contributed by atoms with Crippen LogP contribution in [0.5, 0.6) is 6.01 Å². The summed E-state index contributed by atoms with van der Waals surface area (Å²) in [6.07, 6.45) is 3.57. The highest BCUT2D eigenvalue weighted by atomic mass is 35.5. The summed E-state index contributed by atoms with van der Waals surface area (Å²) in [7, 11) is 0. The van der Waals surface area contributed by atoms with E-state index in [1.807, 2.05) is 0 Å². The first-order chi connectivity index (χ1) is 8.95. The summed E-state index contributed by atoms with van der Waals surface area (Å²) >= 11 is 11.5. The molecule has 0 radical (unpaired) electrons. The van der Waals surface area contributed by atoms with Crippen molar-refractivity contribution in [2.45, 2.75) is 46.1 Å². The molecule has 0 aliphatic heterocycles. The van der Waals surface area contributed by atoms with Gasteiger partial charge < -0.3 is 4.74 Å². The molecule has 2 rings (SSSR count). The maximum Gasteiger partial charge on any atom is 0.322 e. The van der Waals surface area contributed by atoms with E-state index in [0.717, 1.165) is 6.42 Å². The lowest BCUT2D eigenvalue weighted by molar-refractivity contribution is 0.0388. The Morgan fingerprint density at radius 2 is 1.74 bits per heavy atom. The largest absolute Gasteiger partial charge is 0.460 e. The van der Waals surface area contributed by atoms with Crippen molar-refractivity contribution in [1.29, 1.82) is 0 Å². The predicted molar refractivity (Wildman–Crippen MR) is 75.6 cm³/mol. The molecule has 1 aromatic heterocycles. The van der Waals surface area contributed by atoms with Crippen LogP contribution in [0.1, 0.15) is 40.0 Å². The summed E-state index contributed by atoms with van der Waals surface area (Å²) in [5.41, 5.74) is 0. The standard InChI is InChI=1S/C13H19Cl2N3O/c1-7(2)9-5-4-8(3)6-10(9)19-13-17-11(14)16-12(15)18-13/h7-10H,4-6H2,1-3H3/t8-,9+,10-/m1/s1. The third-order valence-electron chi connectivity index (χ3n) is 3.78. The van der Waals surface area contributed by atoms with Gasteiger partial charge in [0.25, 0.3) is 0 Å². The molecule has 0 saturated heterocycles. The van der Waals surface area contributed by atoms with Gasteiger partial charge in [0, 0.05) is 0 Å². The summed E-state index contributed by atoms with van der Waals surface area (Å²) in [6, 6.07) is 0.231. The van der Waals surface area contributed by atoms with Gasteiger partial charge in [0.05, 0.1) is 0 Å². The number of rotatable bonds is 3. The van der Waals surface area contributed by atoms with Gasteiger partial charge in [-0.1, -0.05) is 27.2 Å². The fraction of sp³-hybridized carbons (Fsp3) is 0.769. The van der Waals surface area contributed by atoms with E-state index < -0.39 is 0 Å². The molecular weight excluding hydrogens is 285 g/mol. The highest BCUT2D eigenvalue weighted by Gasteiger charge is 2.32. The van der Waals surface area contributed by atoms with Crippen LogP contribution >= 0.6 is 23.2 Å². The van der Waals surface area contributed by atoms with Gasteiger partial charge >= 0.3 is 6.01 Å². The molecule has 1 saturated carbocycles. The summed E-state index contributed by atoms with van der Waals surface area (Å²) < 4.78 is 5.93. The molecule has 0 spiro atoms. The molecule has 0 amide bonds. The molecule has 0 N–H and O–H groups in total. The monoisotopic (exact) mass is 303 g/mol. The fourth-order valence-electron chi connectivity index (χ4n) is 2.75. The molecule has 1 aliphatic carbocycles. The number of hydrogen-bond acceptors (Lipinski definition) is 4. The van der Waals surface area contributed by atoms with Gasteiger partial charge in [0.15, 0.2) is 0 Å². The molecule has 1 aliphatic rings. The zero-order valence-corrected chi connectivity index (χ0v) is 12.9. The Morgan fingerprint density at radius 3 is 2.32 bits per heavy atom. The van der Waals surface area contributed by atoms with Crippen LogP contribution in [-0.4, -0.2) is 21.1 Å². The molecule has 1 heterocycles. The first kappa shape index (κ1) is 14.8. The van der Waals surface area contributed by atoms with E-state index in [4.69, 9.17) is 27.9 Å². The van der Waals surface area contributed by atoms with Crippen molar-refractivity contribution in [2.75, 3.05) is 0 Å². The SMILES string of the molecule is CC(C)[C@@H]1CC[C@@H](C)C[C@H]1Oc1nc(Cl)nc(Cl)n1. The molecule has 4 nitrogen and oxygen atoms in total. The van der Waals surface area contributed by atoms with E-state index in [2.05, 4.69) is 35.7 Å². The maximum atomic E-state index is 5.93. The highest BCUT2D eigenvalue weighted by molar-refractivity contribution is 6.31. The van der Waals surface area contributed by atoms with Crippen molar-refractivity contribution in [2.24, 2.45) is 17.8 Å². The molecule has 3 atom stereocenters. The third kappa shape index (κ3) is 3.93. The number of nitrogens with zero attached hydrogens (tertiary/aromatic N) is 3. The number of hydrogen-bond donors (Lipinski definition) is 0. The summed E-state index contributed by atoms with van der Waals surface area (Å²) in [6.45, 7) is 6.70. The van der Waals surface area contributed by atoms with E-state index in [-0.39, 0.29) is 22.7 Å². The van der Waals surface area contributed by atoms with Crippen LogP contribution < -0.4 is 4.74 Å². The average Bonchev–Trinajstić information content (AvgIpc) is 2.26. The second-order valence-electron chi connectivity index (χ2n) is 5.64. The molecule has 0 bridgehead atoms. The van der Waals surface area contributed by atoms with E-state index in [9.17, 15) is 0 Å². The fourth-order valence-corrected chi connectivity index (χ4v) is 3.10. The topological polar surface area (TPSA) is 47.9 Å². The Labute approximate surface area is 123 Å². The maximum absolute atomic E-state index is 5.93. The van der Waals surface area contributed by atoms with Gasteiger partial charge in [-0.05, 0) is 53.8 Å². The Bertz CT molecular complexity index is 422. The summed E-state index contributed by atoms with van der Waals surface area (Å²) in [5.74, 6) is 1.75. The average molecular weight is 304 g/mol. The number of halogens is 2. The Balaban J connectivity index is 2.13. The van der Waals surface area contributed by atoms with Crippen LogP contribution in [0.4, 0.5) is 0 Å². The van der Waals surface area contributed by atoms with Gasteiger partial charge in [-0.15, -0.1) is 0 Å². The second-order valence-corrected chi connectivity index (χ2v) is 6.31. The minimum Gasteiger partial charge on any atom is -0.460 e. The first-order valence-corrected chi connectivity index (χ1v) is 7.45. The quantitative estimate of drug-likeness (QED) is 0.846. The van der Waals surface area contributed by atoms with Crippen LogP contribution in [0, 0.1) is 17.8 Å². The van der Waals surface area contributed by atoms with E-state index in [1.165, 1.54) is 12.8 Å². The van der Waals surface area contributed by atoms with Gasteiger partial charge in [0.2, 0.25) is 10.6 Å². The van der Waals surface area contributed by atoms with Crippen LogP contribution in [0.3, 0.4) is 0 Å². The lowest BCUT2D eigenvalue weighted by Gasteiger charge is -2.36. The van der Waals surface area contributed by atoms with Crippen LogP contribution in [0.2, 0.25) is 10.6 Å². The van der Waals surface area contributed by atoms with Gasteiger partial charge in [0.1, 0.15) is 6.10 Å². The first-order valence-electron chi connectivity index (χ1n) is 6.69. The number of aromatic nitrogens is 3. The lowest BCUT2D eigenvalue weighted by Crippen LogP contribution is -2.36. The van der Waals surface area contributed by atoms with Gasteiger partial charge in [-0.25, -0.2) is 0 Å². The van der Waals surface area contributed by atoms with Crippen molar-refractivity contribution >= 4 is 23.2 Å². The minimum atomic E-state index is 0.0694. The summed E-state index contributed by atoms with van der Waals surface area (Å²) in [5, 5.41) is 0.139. The Kier molecular flexibility index (Phi) is 4.85. The van der Waals surface area contributed by atoms with Gasteiger partial charge in [-0.2, -0.15) is 15.0 Å². The van der Waals surface area contributed by atoms with Crippen LogP contribution in [0.25, 0.3) is 0 Å². The Morgan fingerprint density at radius 1 is 1.11 bits per heavy atom. The smallest absolute Gasteiger partial charge is 0.322 e. The van der Waals surface area contributed by atoms with E-state index >= 15 is 0 Å². The summed E-state index contributed by atoms with van der Waals surface area (Å²) in [4.78, 5) is 11.7. The molecule has 19 heavy (non-hydrogen) atoms. The van der Waals surface area contributed by atoms with Crippen molar-refractivity contribution in [3.63, 3.8) is 0 Å². The third-order valence-corrected chi connectivity index (χ3v) is 4.12. The molecule has 0 unspecified atom stereocenters. The zero-order valence-electron chi connectivity index (χ0n) is 11.4. The molecule has 1 fully saturated rings. The normalized spacial score (nSPS) is 27.6. The molecule has 106 valence electrons. The minimum absolute atomic E-state index is 0.0694. The van der Waals surface area contributed by atoms with Crippen molar-refractivity contribution in [1.82, 2.24) is 15.0 Å². The predicted octanol–water partition coefficient (Wildman–Crippen LogP) is 4.02. The Hall–Kier alpha value is -0.610. The van der Waals surface area contributed by atoms with Crippen molar-refractivity contribution < 1.29 is 4.74 Å². The van der Waals surface area contributed by atoms with Crippen LogP contribution in [-0.2, 0) is 0 Å².